The van der Waals surface area contributed by atoms with Gasteiger partial charge in [-0.15, -0.1) is 0 Å². The highest BCUT2D eigenvalue weighted by Gasteiger charge is 2.36. The van der Waals surface area contributed by atoms with E-state index in [2.05, 4.69) is 10.2 Å². The number of nitrogens with zero attached hydrogens (tertiary/aromatic N) is 3. The second-order valence-electron chi connectivity index (χ2n) is 4.17. The minimum Gasteiger partial charge on any atom is -0.383 e. The molecule has 136 valence electrons. The van der Waals surface area contributed by atoms with E-state index in [-0.39, 0.29) is 7.14 Å². The zero-order valence-corrected chi connectivity index (χ0v) is 16.2. The van der Waals surface area contributed by atoms with Crippen LogP contribution in [0.2, 0.25) is 0 Å². The van der Waals surface area contributed by atoms with Crippen molar-refractivity contribution in [3.63, 3.8) is 0 Å². The van der Waals surface area contributed by atoms with E-state index in [1.165, 1.54) is 18.0 Å². The van der Waals surface area contributed by atoms with Crippen molar-refractivity contribution >= 4 is 45.2 Å². The summed E-state index contributed by atoms with van der Waals surface area (Å²) in [5.41, 5.74) is -1.62. The van der Waals surface area contributed by atoms with Gasteiger partial charge in [0.15, 0.2) is 11.4 Å². The first kappa shape index (κ1) is 21.5. The van der Waals surface area contributed by atoms with Crippen LogP contribution in [0.25, 0.3) is 0 Å². The summed E-state index contributed by atoms with van der Waals surface area (Å²) in [6, 6.07) is 0. The molecule has 0 radical (unpaired) electrons. The van der Waals surface area contributed by atoms with E-state index >= 15 is 0 Å². The lowest BCUT2D eigenvalue weighted by Crippen LogP contribution is -2.10. The van der Waals surface area contributed by atoms with E-state index < -0.39 is 23.7 Å². The van der Waals surface area contributed by atoms with Gasteiger partial charge in [0.2, 0.25) is 0 Å². The van der Waals surface area contributed by atoms with Gasteiger partial charge in [0, 0.05) is 13.3 Å². The van der Waals surface area contributed by atoms with Crippen LogP contribution in [-0.2, 0) is 23.6 Å². The third-order valence-corrected chi connectivity index (χ3v) is 3.99. The lowest BCUT2D eigenvalue weighted by Gasteiger charge is -2.02. The lowest BCUT2D eigenvalue weighted by molar-refractivity contribution is -0.142. The molecule has 0 saturated carbocycles. The van der Waals surface area contributed by atoms with Crippen LogP contribution in [0.3, 0.4) is 0 Å². The Labute approximate surface area is 159 Å². The smallest absolute Gasteiger partial charge is 0.383 e. The minimum atomic E-state index is -4.38. The fraction of sp³-hybridized carbons (Fsp3) is 0.455. The normalized spacial score (nSPS) is 12.0. The second kappa shape index (κ2) is 8.68. The highest BCUT2D eigenvalue weighted by molar-refractivity contribution is 14.1. The van der Waals surface area contributed by atoms with Crippen LogP contribution in [0, 0.1) is 7.14 Å². The first-order chi connectivity index (χ1) is 11.0. The van der Waals surface area contributed by atoms with Crippen LogP contribution in [-0.4, -0.2) is 33.7 Å². The molecular formula is C11H10F6I2N4O. The fourth-order valence-corrected chi connectivity index (χ4v) is 2.66. The van der Waals surface area contributed by atoms with E-state index in [9.17, 15) is 26.3 Å². The molecule has 2 aromatic heterocycles. The third kappa shape index (κ3) is 6.38. The number of hydrogen-bond acceptors (Lipinski definition) is 3. The maximum Gasteiger partial charge on any atom is 0.436 e. The third-order valence-electron chi connectivity index (χ3n) is 2.39. The van der Waals surface area contributed by atoms with Gasteiger partial charge in [-0.3, -0.25) is 9.78 Å². The molecule has 13 heteroatoms. The molecule has 0 aliphatic heterocycles. The zero-order valence-electron chi connectivity index (χ0n) is 11.8. The molecule has 0 spiro atoms. The summed E-state index contributed by atoms with van der Waals surface area (Å²) in [4.78, 5) is 0. The Morgan fingerprint density at radius 3 is 2.08 bits per heavy atom. The molecule has 0 aliphatic rings. The first-order valence-corrected chi connectivity index (χ1v) is 8.17. The van der Waals surface area contributed by atoms with Gasteiger partial charge in [-0.1, -0.05) is 0 Å². The SMILES string of the molecule is COCCn1cc(I)c(C(F)(F)F)n1.FC(F)(F)c1[nH]ncc1I. The van der Waals surface area contributed by atoms with Gasteiger partial charge in [-0.25, -0.2) is 0 Å². The number of nitrogens with one attached hydrogen (secondary N) is 1. The summed E-state index contributed by atoms with van der Waals surface area (Å²) in [6.45, 7) is 0.664. The molecule has 2 rings (SSSR count). The molecule has 2 aromatic rings. The molecule has 0 fully saturated rings. The van der Waals surface area contributed by atoms with Crippen LogP contribution in [0.4, 0.5) is 26.3 Å². The highest BCUT2D eigenvalue weighted by Crippen LogP contribution is 2.31. The van der Waals surface area contributed by atoms with Crippen LogP contribution in [0.5, 0.6) is 0 Å². The van der Waals surface area contributed by atoms with Crippen molar-refractivity contribution in [1.82, 2.24) is 20.0 Å². The fourth-order valence-electron chi connectivity index (χ4n) is 1.36. The number of rotatable bonds is 3. The Bertz CT molecular complexity index is 652. The van der Waals surface area contributed by atoms with Crippen LogP contribution < -0.4 is 0 Å². The molecule has 24 heavy (non-hydrogen) atoms. The number of methoxy groups -OCH3 is 1. The molecule has 0 aromatic carbocycles. The van der Waals surface area contributed by atoms with E-state index in [4.69, 9.17) is 4.74 Å². The molecule has 0 unspecified atom stereocenters. The maximum atomic E-state index is 12.3. The summed E-state index contributed by atoms with van der Waals surface area (Å²) in [5, 5.41) is 8.52. The Balaban J connectivity index is 0.000000254. The molecule has 5 nitrogen and oxygen atoms in total. The molecule has 0 amide bonds. The molecule has 1 N–H and O–H groups in total. The topological polar surface area (TPSA) is 55.7 Å². The first-order valence-electron chi connectivity index (χ1n) is 6.02. The average Bonchev–Trinajstić information content (AvgIpc) is 3.02. The van der Waals surface area contributed by atoms with Crippen molar-refractivity contribution in [2.45, 2.75) is 18.9 Å². The summed E-state index contributed by atoms with van der Waals surface area (Å²) in [6.07, 6.45) is -6.21. The highest BCUT2D eigenvalue weighted by atomic mass is 127. The molecule has 2 heterocycles. The Kier molecular flexibility index (Phi) is 7.76. The van der Waals surface area contributed by atoms with Gasteiger partial charge >= 0.3 is 12.4 Å². The summed E-state index contributed by atoms with van der Waals surface area (Å²) in [5.74, 6) is 0. The number of aromatic nitrogens is 4. The van der Waals surface area contributed by atoms with Crippen molar-refractivity contribution < 1.29 is 31.1 Å². The van der Waals surface area contributed by atoms with Crippen molar-refractivity contribution in [2.75, 3.05) is 13.7 Å². The van der Waals surface area contributed by atoms with E-state index in [0.29, 0.717) is 13.2 Å². The number of H-pyrrole nitrogens is 1. The number of halogens is 8. The number of aromatic amines is 1. The second-order valence-corrected chi connectivity index (χ2v) is 6.49. The van der Waals surface area contributed by atoms with Gasteiger partial charge in [0.1, 0.15) is 0 Å². The largest absolute Gasteiger partial charge is 0.436 e. The van der Waals surface area contributed by atoms with E-state index in [0.717, 1.165) is 6.20 Å². The van der Waals surface area contributed by atoms with Crippen LogP contribution in [0.15, 0.2) is 12.4 Å². The van der Waals surface area contributed by atoms with Gasteiger partial charge in [0.25, 0.3) is 0 Å². The molecular weight excluding hydrogens is 572 g/mol. The summed E-state index contributed by atoms with van der Waals surface area (Å²) < 4.78 is 78.4. The molecule has 0 aliphatic carbocycles. The van der Waals surface area contributed by atoms with Gasteiger partial charge < -0.3 is 4.74 Å². The predicted octanol–water partition coefficient (Wildman–Crippen LogP) is 4.19. The van der Waals surface area contributed by atoms with Crippen molar-refractivity contribution in [3.05, 3.63) is 30.9 Å². The van der Waals surface area contributed by atoms with Gasteiger partial charge in [0.05, 0.1) is 26.5 Å². The number of alkyl halides is 6. The summed E-state index contributed by atoms with van der Waals surface area (Å²) in [7, 11) is 1.49. The predicted molar refractivity (Wildman–Crippen MR) is 88.1 cm³/mol. The maximum absolute atomic E-state index is 12.3. The van der Waals surface area contributed by atoms with E-state index in [1.807, 2.05) is 5.10 Å². The number of hydrogen-bond donors (Lipinski definition) is 1. The molecule has 0 saturated heterocycles. The Hall–Kier alpha value is -0.580. The van der Waals surface area contributed by atoms with Crippen molar-refractivity contribution in [3.8, 4) is 0 Å². The number of ether oxygens (including phenoxy) is 1. The van der Waals surface area contributed by atoms with Crippen LogP contribution >= 0.6 is 45.2 Å². The van der Waals surface area contributed by atoms with Gasteiger partial charge in [-0.2, -0.15) is 36.5 Å². The van der Waals surface area contributed by atoms with Crippen molar-refractivity contribution in [2.24, 2.45) is 0 Å². The standard InChI is InChI=1S/C7H8F3IN2O.C4H2F3IN2/c1-14-3-2-13-4-5(11)6(12-13)7(8,9)10;5-4(6,7)3-2(8)1-9-10-3/h4H,2-3H2,1H3;1H,(H,9,10). The Morgan fingerprint density at radius 1 is 1.12 bits per heavy atom. The monoisotopic (exact) mass is 582 g/mol. The summed E-state index contributed by atoms with van der Waals surface area (Å²) >= 11 is 3.18. The quantitative estimate of drug-likeness (QED) is 0.437. The average molecular weight is 582 g/mol. The van der Waals surface area contributed by atoms with E-state index in [1.54, 1.807) is 45.2 Å². The van der Waals surface area contributed by atoms with Crippen LogP contribution in [0.1, 0.15) is 11.4 Å². The molecule has 0 bridgehead atoms. The lowest BCUT2D eigenvalue weighted by atomic mass is 10.4. The Morgan fingerprint density at radius 2 is 1.75 bits per heavy atom. The minimum absolute atomic E-state index is 0.0881. The molecule has 0 atom stereocenters. The van der Waals surface area contributed by atoms with Gasteiger partial charge in [-0.05, 0) is 45.2 Å². The zero-order chi connectivity index (χ0) is 18.5. The van der Waals surface area contributed by atoms with Crippen molar-refractivity contribution in [1.29, 1.82) is 0 Å².